The van der Waals surface area contributed by atoms with Gasteiger partial charge in [0.05, 0.1) is 23.3 Å². The van der Waals surface area contributed by atoms with Crippen LogP contribution in [0.3, 0.4) is 0 Å². The minimum Gasteiger partial charge on any atom is -0.449 e. The van der Waals surface area contributed by atoms with Crippen molar-refractivity contribution in [3.63, 3.8) is 0 Å². The van der Waals surface area contributed by atoms with Crippen molar-refractivity contribution < 1.29 is 31.9 Å². The van der Waals surface area contributed by atoms with E-state index in [0.717, 1.165) is 18.9 Å². The molecule has 0 bridgehead atoms. The van der Waals surface area contributed by atoms with E-state index in [1.807, 2.05) is 11.8 Å². The number of alkyl halides is 3. The molecule has 1 aromatic heterocycles. The van der Waals surface area contributed by atoms with Gasteiger partial charge in [0.25, 0.3) is 5.91 Å². The number of carbonyl (C=O) groups excluding carboxylic acids is 2. The summed E-state index contributed by atoms with van der Waals surface area (Å²) in [5.74, 6) is -0.874. The molecule has 1 saturated carbocycles. The van der Waals surface area contributed by atoms with Gasteiger partial charge in [-0.1, -0.05) is 11.6 Å². The molecule has 2 amide bonds. The molecule has 2 saturated heterocycles. The van der Waals surface area contributed by atoms with Crippen LogP contribution in [0.25, 0.3) is 11.0 Å². The second-order valence-electron chi connectivity index (χ2n) is 9.49. The molecule has 2 aliphatic heterocycles. The first kappa shape index (κ1) is 23.5. The molecule has 1 unspecified atom stereocenters. The Labute approximate surface area is 199 Å². The van der Waals surface area contributed by atoms with Crippen LogP contribution in [0.15, 0.2) is 16.5 Å². The van der Waals surface area contributed by atoms with Gasteiger partial charge in [-0.05, 0) is 56.2 Å². The molecule has 184 valence electrons. The Kier molecular flexibility index (Phi) is 6.04. The van der Waals surface area contributed by atoms with Crippen molar-refractivity contribution in [1.29, 1.82) is 0 Å². The summed E-state index contributed by atoms with van der Waals surface area (Å²) in [4.78, 5) is 29.3. The van der Waals surface area contributed by atoms with E-state index >= 15 is 0 Å². The molecule has 2 aromatic rings. The topological polar surface area (TPSA) is 63.0 Å². The number of halogens is 4. The number of amides is 2. The molecular formula is C24H26ClF3N2O4. The van der Waals surface area contributed by atoms with Gasteiger partial charge in [0.15, 0.2) is 0 Å². The molecule has 5 rings (SSSR count). The Hall–Kier alpha value is -2.26. The molecule has 0 spiro atoms. The van der Waals surface area contributed by atoms with Gasteiger partial charge < -0.3 is 19.0 Å². The van der Waals surface area contributed by atoms with Crippen LogP contribution in [0.2, 0.25) is 5.02 Å². The van der Waals surface area contributed by atoms with E-state index in [2.05, 4.69) is 0 Å². The van der Waals surface area contributed by atoms with E-state index in [1.165, 1.54) is 4.90 Å². The Morgan fingerprint density at radius 2 is 1.76 bits per heavy atom. The van der Waals surface area contributed by atoms with Crippen molar-refractivity contribution in [3.05, 3.63) is 34.0 Å². The van der Waals surface area contributed by atoms with Crippen LogP contribution in [0.1, 0.15) is 60.2 Å². The number of hydrogen-bond acceptors (Lipinski definition) is 4. The average Bonchev–Trinajstić information content (AvgIpc) is 3.61. The van der Waals surface area contributed by atoms with Crippen LogP contribution >= 0.6 is 11.6 Å². The normalized spacial score (nSPS) is 22.4. The largest absolute Gasteiger partial charge is 0.449 e. The third-order valence-electron chi connectivity index (χ3n) is 6.98. The summed E-state index contributed by atoms with van der Waals surface area (Å²) in [5, 5.41) is 0.0294. The smallest absolute Gasteiger partial charge is 0.420 e. The third kappa shape index (κ3) is 4.40. The SMILES string of the molecule is CC1CN(C(=O)C2CCN(C(=O)c3oc4c(C(F)(F)F)cc(C5CC5)cc4c3Cl)CC2)CCO1. The molecule has 3 fully saturated rings. The van der Waals surface area contributed by atoms with Gasteiger partial charge in [0.1, 0.15) is 5.58 Å². The highest BCUT2D eigenvalue weighted by atomic mass is 35.5. The van der Waals surface area contributed by atoms with Crippen LogP contribution in [0.4, 0.5) is 13.2 Å². The average molecular weight is 499 g/mol. The van der Waals surface area contributed by atoms with Gasteiger partial charge in [0, 0.05) is 37.5 Å². The molecule has 6 nitrogen and oxygen atoms in total. The van der Waals surface area contributed by atoms with Gasteiger partial charge >= 0.3 is 6.18 Å². The highest BCUT2D eigenvalue weighted by Crippen LogP contribution is 2.47. The van der Waals surface area contributed by atoms with Crippen molar-refractivity contribution in [2.75, 3.05) is 32.8 Å². The van der Waals surface area contributed by atoms with E-state index in [-0.39, 0.29) is 40.0 Å². The number of hydrogen-bond donors (Lipinski definition) is 0. The molecule has 1 atom stereocenters. The molecule has 3 aliphatic rings. The van der Waals surface area contributed by atoms with Gasteiger partial charge in [-0.2, -0.15) is 13.2 Å². The minimum absolute atomic E-state index is 0.00314. The number of carbonyl (C=O) groups is 2. The van der Waals surface area contributed by atoms with Gasteiger partial charge in [-0.15, -0.1) is 0 Å². The Morgan fingerprint density at radius 1 is 1.06 bits per heavy atom. The first-order valence-electron chi connectivity index (χ1n) is 11.7. The number of fused-ring (bicyclic) bond motifs is 1. The second kappa shape index (κ2) is 8.75. The maximum Gasteiger partial charge on any atom is 0.420 e. The number of nitrogens with zero attached hydrogens (tertiary/aromatic N) is 2. The summed E-state index contributed by atoms with van der Waals surface area (Å²) < 4.78 is 52.2. The summed E-state index contributed by atoms with van der Waals surface area (Å²) >= 11 is 6.40. The molecule has 1 aromatic carbocycles. The fourth-order valence-corrected chi connectivity index (χ4v) is 5.20. The van der Waals surface area contributed by atoms with Crippen LogP contribution < -0.4 is 0 Å². The van der Waals surface area contributed by atoms with Gasteiger partial charge in [-0.25, -0.2) is 0 Å². The first-order chi connectivity index (χ1) is 16.1. The minimum atomic E-state index is -4.62. The standard InChI is InChI=1S/C24H26ClF3N2O4/c1-13-12-30(8-9-33-13)22(31)15-4-6-29(7-5-15)23(32)21-19(25)17-10-16(14-2-3-14)11-18(20(17)34-21)24(26,27)28/h10-11,13-15H,2-9,12H2,1H3. The quantitative estimate of drug-likeness (QED) is 0.592. The molecule has 0 radical (unpaired) electrons. The maximum atomic E-state index is 13.7. The highest BCUT2D eigenvalue weighted by Gasteiger charge is 2.39. The number of ether oxygens (including phenoxy) is 1. The van der Waals surface area contributed by atoms with Crippen LogP contribution in [0, 0.1) is 5.92 Å². The summed E-state index contributed by atoms with van der Waals surface area (Å²) in [6.07, 6.45) is -2.00. The van der Waals surface area contributed by atoms with Gasteiger partial charge in [0.2, 0.25) is 11.7 Å². The lowest BCUT2D eigenvalue weighted by molar-refractivity contribution is -0.143. The fraction of sp³-hybridized carbons (Fsp3) is 0.583. The van der Waals surface area contributed by atoms with Crippen molar-refractivity contribution in [3.8, 4) is 0 Å². The molecular weight excluding hydrogens is 473 g/mol. The predicted molar refractivity (Wildman–Crippen MR) is 119 cm³/mol. The number of benzene rings is 1. The Bertz CT molecular complexity index is 1120. The first-order valence-corrected chi connectivity index (χ1v) is 12.0. The molecule has 10 heteroatoms. The zero-order valence-electron chi connectivity index (χ0n) is 18.8. The van der Waals surface area contributed by atoms with Crippen LogP contribution in [0.5, 0.6) is 0 Å². The number of likely N-dealkylation sites (tertiary alicyclic amines) is 1. The number of piperidine rings is 1. The highest BCUT2D eigenvalue weighted by molar-refractivity contribution is 6.38. The summed E-state index contributed by atoms with van der Waals surface area (Å²) in [5.41, 5.74) is -0.744. The fourth-order valence-electron chi connectivity index (χ4n) is 4.94. The molecule has 3 heterocycles. The predicted octanol–water partition coefficient (Wildman–Crippen LogP) is 5.08. The zero-order chi connectivity index (χ0) is 24.2. The lowest BCUT2D eigenvalue weighted by Gasteiger charge is -2.37. The van der Waals surface area contributed by atoms with E-state index in [4.69, 9.17) is 20.8 Å². The molecule has 0 N–H and O–H groups in total. The van der Waals surface area contributed by atoms with E-state index < -0.39 is 23.2 Å². The summed E-state index contributed by atoms with van der Waals surface area (Å²) in [6.45, 7) is 4.16. The number of rotatable bonds is 3. The second-order valence-corrected chi connectivity index (χ2v) is 9.87. The maximum absolute atomic E-state index is 13.7. The Balaban J connectivity index is 1.34. The third-order valence-corrected chi connectivity index (χ3v) is 7.36. The number of furan rings is 1. The van der Waals surface area contributed by atoms with Gasteiger partial charge in [-0.3, -0.25) is 9.59 Å². The van der Waals surface area contributed by atoms with E-state index in [1.54, 1.807) is 6.07 Å². The van der Waals surface area contributed by atoms with Crippen LogP contribution in [-0.2, 0) is 15.7 Å². The van der Waals surface area contributed by atoms with Crippen molar-refractivity contribution >= 4 is 34.4 Å². The summed E-state index contributed by atoms with van der Waals surface area (Å²) in [6, 6.07) is 2.72. The Morgan fingerprint density at radius 3 is 2.38 bits per heavy atom. The monoisotopic (exact) mass is 498 g/mol. The van der Waals surface area contributed by atoms with Crippen LogP contribution in [-0.4, -0.2) is 60.5 Å². The molecule has 34 heavy (non-hydrogen) atoms. The summed E-state index contributed by atoms with van der Waals surface area (Å²) in [7, 11) is 0. The van der Waals surface area contributed by atoms with Crippen molar-refractivity contribution in [2.45, 2.75) is 50.8 Å². The zero-order valence-corrected chi connectivity index (χ0v) is 19.5. The lowest BCUT2D eigenvalue weighted by atomic mass is 9.94. The molecule has 1 aliphatic carbocycles. The van der Waals surface area contributed by atoms with E-state index in [9.17, 15) is 22.8 Å². The number of morpholine rings is 1. The van der Waals surface area contributed by atoms with Crippen molar-refractivity contribution in [2.24, 2.45) is 5.92 Å². The van der Waals surface area contributed by atoms with E-state index in [0.29, 0.717) is 51.2 Å². The van der Waals surface area contributed by atoms with Crippen molar-refractivity contribution in [1.82, 2.24) is 9.80 Å². The lowest BCUT2D eigenvalue weighted by Crippen LogP contribution is -2.49.